The van der Waals surface area contributed by atoms with E-state index in [-0.39, 0.29) is 36.2 Å². The van der Waals surface area contributed by atoms with Gasteiger partial charge in [0, 0.05) is 19.3 Å². The molecule has 8 heteroatoms. The summed E-state index contributed by atoms with van der Waals surface area (Å²) in [6, 6.07) is -0.619. The number of unbranched alkanes of at least 4 members (excludes halogenated alkanes) is 19. The third kappa shape index (κ3) is 40.4. The van der Waals surface area contributed by atoms with Crippen LogP contribution in [0.5, 0.6) is 0 Å². The van der Waals surface area contributed by atoms with Crippen molar-refractivity contribution in [2.45, 2.75) is 212 Å². The molecule has 1 N–H and O–H groups in total. The van der Waals surface area contributed by atoms with E-state index in [9.17, 15) is 19.5 Å². The molecular formula is C52H92NO7+. The van der Waals surface area contributed by atoms with Crippen molar-refractivity contribution in [1.82, 2.24) is 0 Å². The zero-order valence-electron chi connectivity index (χ0n) is 39.4. The fourth-order valence-corrected chi connectivity index (χ4v) is 6.90. The number of carboxylic acid groups (broad SMARTS) is 1. The van der Waals surface area contributed by atoms with E-state index in [4.69, 9.17) is 14.2 Å². The number of hydrogen-bond donors (Lipinski definition) is 1. The molecule has 0 aromatic rings. The monoisotopic (exact) mass is 843 g/mol. The molecule has 0 aliphatic carbocycles. The summed E-state index contributed by atoms with van der Waals surface area (Å²) in [5.41, 5.74) is 0. The van der Waals surface area contributed by atoms with E-state index in [0.29, 0.717) is 19.3 Å². The molecule has 2 atom stereocenters. The van der Waals surface area contributed by atoms with Crippen molar-refractivity contribution in [3.63, 3.8) is 0 Å². The van der Waals surface area contributed by atoms with Crippen LogP contribution in [0.25, 0.3) is 0 Å². The summed E-state index contributed by atoms with van der Waals surface area (Å²) in [6.45, 7) is 4.59. The number of likely N-dealkylation sites (N-methyl/N-ethyl adjacent to an activating group) is 1. The van der Waals surface area contributed by atoms with Crippen LogP contribution in [-0.2, 0) is 28.6 Å². The predicted octanol–water partition coefficient (Wildman–Crippen LogP) is 13.8. The number of nitrogens with zero attached hydrogens (tertiary/aromatic N) is 1. The fraction of sp³-hybridized carbons (Fsp3) is 0.750. The lowest BCUT2D eigenvalue weighted by Crippen LogP contribution is -2.50. The molecule has 0 fully saturated rings. The van der Waals surface area contributed by atoms with E-state index in [1.54, 1.807) is 0 Å². The van der Waals surface area contributed by atoms with Gasteiger partial charge in [0.15, 0.2) is 12.1 Å². The molecular weight excluding hydrogens is 751 g/mol. The van der Waals surface area contributed by atoms with Gasteiger partial charge in [-0.3, -0.25) is 9.59 Å². The Balaban J connectivity index is 4.26. The average Bonchev–Trinajstić information content (AvgIpc) is 3.21. The van der Waals surface area contributed by atoms with Crippen molar-refractivity contribution in [2.75, 3.05) is 41.0 Å². The summed E-state index contributed by atoms with van der Waals surface area (Å²) in [7, 11) is 5.52. The van der Waals surface area contributed by atoms with E-state index in [2.05, 4.69) is 74.6 Å². The molecule has 0 rings (SSSR count). The van der Waals surface area contributed by atoms with Gasteiger partial charge in [-0.05, 0) is 77.0 Å². The van der Waals surface area contributed by atoms with Gasteiger partial charge in [-0.25, -0.2) is 4.79 Å². The molecule has 0 amide bonds. The molecule has 0 aromatic carbocycles. The maximum Gasteiger partial charge on any atom is 0.362 e. The average molecular weight is 843 g/mol. The summed E-state index contributed by atoms with van der Waals surface area (Å²) in [5.74, 6) is -1.48. The second-order valence-corrected chi connectivity index (χ2v) is 17.3. The molecule has 0 spiro atoms. The molecule has 0 aliphatic rings. The third-order valence-electron chi connectivity index (χ3n) is 10.7. The standard InChI is InChI=1S/C52H91NO7/c1-6-8-10-12-14-16-18-20-22-23-24-25-26-27-28-29-31-32-34-36-38-40-42-50(54)59-47-48(46-58-45-44-49(52(56)57)53(3,4)5)60-51(55)43-41-39-37-35-33-30-21-19-17-15-13-11-9-7-2/h9,11,14-17,20,22,24-25,48-49H,6-8,10,12-13,18-19,21,23,26-47H2,1-5H3/p+1/b11-9+,16-14+,17-15+,22-20+,25-24+. The summed E-state index contributed by atoms with van der Waals surface area (Å²) < 4.78 is 17.3. The van der Waals surface area contributed by atoms with Crippen molar-refractivity contribution in [3.05, 3.63) is 60.8 Å². The Bertz CT molecular complexity index is 1170. The van der Waals surface area contributed by atoms with Crippen LogP contribution in [0.4, 0.5) is 0 Å². The first-order valence-electron chi connectivity index (χ1n) is 24.3. The molecule has 2 unspecified atom stereocenters. The van der Waals surface area contributed by atoms with E-state index in [1.807, 2.05) is 21.1 Å². The van der Waals surface area contributed by atoms with E-state index in [0.717, 1.165) is 70.6 Å². The van der Waals surface area contributed by atoms with Crippen molar-refractivity contribution in [2.24, 2.45) is 0 Å². The lowest BCUT2D eigenvalue weighted by Gasteiger charge is -2.31. The number of hydrogen-bond acceptors (Lipinski definition) is 6. The Hall–Kier alpha value is -2.97. The predicted molar refractivity (Wildman–Crippen MR) is 252 cm³/mol. The van der Waals surface area contributed by atoms with Gasteiger partial charge in [-0.15, -0.1) is 0 Å². The zero-order valence-corrected chi connectivity index (χ0v) is 39.4. The molecule has 60 heavy (non-hydrogen) atoms. The highest BCUT2D eigenvalue weighted by atomic mass is 16.6. The lowest BCUT2D eigenvalue weighted by atomic mass is 10.1. The van der Waals surface area contributed by atoms with Crippen LogP contribution in [-0.4, -0.2) is 80.6 Å². The Morgan fingerprint density at radius 3 is 1.38 bits per heavy atom. The number of rotatable bonds is 43. The van der Waals surface area contributed by atoms with Gasteiger partial charge in [0.2, 0.25) is 0 Å². The van der Waals surface area contributed by atoms with Crippen LogP contribution < -0.4 is 0 Å². The highest BCUT2D eigenvalue weighted by molar-refractivity contribution is 5.72. The number of esters is 2. The van der Waals surface area contributed by atoms with Crippen LogP contribution in [0.2, 0.25) is 0 Å². The molecule has 346 valence electrons. The Morgan fingerprint density at radius 2 is 0.933 bits per heavy atom. The van der Waals surface area contributed by atoms with Crippen molar-refractivity contribution in [1.29, 1.82) is 0 Å². The number of ether oxygens (including phenoxy) is 3. The van der Waals surface area contributed by atoms with Crippen LogP contribution in [0, 0.1) is 0 Å². The molecule has 0 saturated carbocycles. The van der Waals surface area contributed by atoms with E-state index < -0.39 is 18.1 Å². The largest absolute Gasteiger partial charge is 0.477 e. The number of aliphatic carboxylic acids is 1. The van der Waals surface area contributed by atoms with Crippen LogP contribution in [0.15, 0.2) is 60.8 Å². The molecule has 0 heterocycles. The van der Waals surface area contributed by atoms with E-state index in [1.165, 1.54) is 96.3 Å². The number of carboxylic acids is 1. The smallest absolute Gasteiger partial charge is 0.362 e. The van der Waals surface area contributed by atoms with Gasteiger partial charge >= 0.3 is 17.9 Å². The quantitative estimate of drug-likeness (QED) is 0.0282. The Kier molecular flexibility index (Phi) is 40.6. The molecule has 0 bridgehead atoms. The van der Waals surface area contributed by atoms with Gasteiger partial charge < -0.3 is 23.8 Å². The molecule has 0 aromatic heterocycles. The minimum atomic E-state index is -0.878. The number of carbonyl (C=O) groups excluding carboxylic acids is 2. The maximum absolute atomic E-state index is 12.7. The molecule has 8 nitrogen and oxygen atoms in total. The topological polar surface area (TPSA) is 99.1 Å². The number of allylic oxidation sites excluding steroid dienone is 10. The van der Waals surface area contributed by atoms with Crippen LogP contribution in [0.1, 0.15) is 200 Å². The number of carbonyl (C=O) groups is 3. The highest BCUT2D eigenvalue weighted by Crippen LogP contribution is 2.14. The fourth-order valence-electron chi connectivity index (χ4n) is 6.90. The molecule has 0 aliphatic heterocycles. The number of quaternary nitrogens is 1. The lowest BCUT2D eigenvalue weighted by molar-refractivity contribution is -0.887. The van der Waals surface area contributed by atoms with Crippen LogP contribution in [0.3, 0.4) is 0 Å². The van der Waals surface area contributed by atoms with Gasteiger partial charge in [0.05, 0.1) is 34.4 Å². The zero-order chi connectivity index (χ0) is 44.2. The molecule has 0 radical (unpaired) electrons. The van der Waals surface area contributed by atoms with Crippen molar-refractivity contribution in [3.8, 4) is 0 Å². The summed E-state index contributed by atoms with van der Waals surface area (Å²) >= 11 is 0. The van der Waals surface area contributed by atoms with Gasteiger partial charge in [-0.1, -0.05) is 164 Å². The molecule has 0 saturated heterocycles. The normalized spacial score (nSPS) is 13.4. The summed E-state index contributed by atoms with van der Waals surface area (Å²) in [6.07, 6.45) is 52.6. The first-order chi connectivity index (χ1) is 29.1. The Morgan fingerprint density at radius 1 is 0.517 bits per heavy atom. The minimum Gasteiger partial charge on any atom is -0.477 e. The van der Waals surface area contributed by atoms with Crippen molar-refractivity contribution < 1.29 is 38.2 Å². The second kappa shape index (κ2) is 42.7. The third-order valence-corrected chi connectivity index (χ3v) is 10.7. The first kappa shape index (κ1) is 57.0. The summed E-state index contributed by atoms with van der Waals surface area (Å²) in [4.78, 5) is 37.1. The second-order valence-electron chi connectivity index (χ2n) is 17.3. The van der Waals surface area contributed by atoms with Crippen molar-refractivity contribution >= 4 is 17.9 Å². The minimum absolute atomic E-state index is 0.0546. The SMILES string of the molecule is CC/C=C/C/C=C/CCCCCCCCCC(=O)OC(COCCC(C(=O)O)[N+](C)(C)C)COC(=O)CCCCCCCCCCC/C=C/C/C=C/C/C=C/CCCCC. The summed E-state index contributed by atoms with van der Waals surface area (Å²) in [5, 5.41) is 9.64. The van der Waals surface area contributed by atoms with Crippen LogP contribution >= 0.6 is 0 Å². The maximum atomic E-state index is 12.7. The van der Waals surface area contributed by atoms with E-state index >= 15 is 0 Å². The van der Waals surface area contributed by atoms with Gasteiger partial charge in [0.25, 0.3) is 0 Å². The first-order valence-corrected chi connectivity index (χ1v) is 24.3. The van der Waals surface area contributed by atoms with Gasteiger partial charge in [0.1, 0.15) is 6.61 Å². The highest BCUT2D eigenvalue weighted by Gasteiger charge is 2.31. The Labute approximate surface area is 368 Å². The van der Waals surface area contributed by atoms with Gasteiger partial charge in [-0.2, -0.15) is 0 Å².